The molecule has 3 heteroatoms. The van der Waals surface area contributed by atoms with E-state index in [9.17, 15) is 0 Å². The minimum Gasteiger partial charge on any atom is -0.466 e. The molecule has 1 atom stereocenters. The summed E-state index contributed by atoms with van der Waals surface area (Å²) in [6, 6.07) is 13.3. The Kier molecular flexibility index (Phi) is 5.28. The van der Waals surface area contributed by atoms with Crippen molar-refractivity contribution in [2.45, 2.75) is 52.1 Å². The lowest BCUT2D eigenvalue weighted by Crippen LogP contribution is -2.88. The van der Waals surface area contributed by atoms with Gasteiger partial charge >= 0.3 is 0 Å². The van der Waals surface area contributed by atoms with Crippen LogP contribution in [-0.2, 0) is 12.0 Å². The van der Waals surface area contributed by atoms with Gasteiger partial charge in [-0.15, -0.1) is 0 Å². The first-order valence-corrected chi connectivity index (χ1v) is 8.31. The number of hydrogen-bond acceptors (Lipinski definition) is 1. The molecule has 2 N–H and O–H groups in total. The average Bonchev–Trinajstić information content (AvgIpc) is 2.85. The fourth-order valence-electron chi connectivity index (χ4n) is 2.74. The summed E-state index contributed by atoms with van der Waals surface area (Å²) in [6.45, 7) is 9.82. The van der Waals surface area contributed by atoms with E-state index in [1.54, 1.807) is 0 Å². The van der Waals surface area contributed by atoms with Crippen LogP contribution in [0.3, 0.4) is 0 Å². The Morgan fingerprint density at radius 2 is 1.81 bits per heavy atom. The highest BCUT2D eigenvalue weighted by atomic mass is 79.9. The predicted molar refractivity (Wildman–Crippen MR) is 90.3 cm³/mol. The predicted octanol–water partition coefficient (Wildman–Crippen LogP) is 4.17. The molecule has 114 valence electrons. The molecule has 0 spiro atoms. The molecule has 0 saturated heterocycles. The lowest BCUT2D eigenvalue weighted by Gasteiger charge is -2.25. The van der Waals surface area contributed by atoms with Crippen LogP contribution in [0.2, 0.25) is 0 Å². The van der Waals surface area contributed by atoms with Gasteiger partial charge in [0.15, 0.2) is 0 Å². The second-order valence-corrected chi connectivity index (χ2v) is 7.46. The number of benzene rings is 1. The van der Waals surface area contributed by atoms with Crippen molar-refractivity contribution in [1.29, 1.82) is 0 Å². The first-order valence-electron chi connectivity index (χ1n) is 7.51. The summed E-state index contributed by atoms with van der Waals surface area (Å²) < 4.78 is 6.94. The van der Waals surface area contributed by atoms with Gasteiger partial charge in [-0.25, -0.2) is 0 Å². The Labute approximate surface area is 136 Å². The molecule has 1 heterocycles. The summed E-state index contributed by atoms with van der Waals surface area (Å²) in [5.41, 5.74) is 1.43. The molecule has 0 fully saturated rings. The summed E-state index contributed by atoms with van der Waals surface area (Å²) in [6.07, 6.45) is 1.09. The van der Waals surface area contributed by atoms with Gasteiger partial charge in [-0.1, -0.05) is 41.9 Å². The van der Waals surface area contributed by atoms with Crippen LogP contribution >= 0.6 is 15.9 Å². The quantitative estimate of drug-likeness (QED) is 0.832. The van der Waals surface area contributed by atoms with E-state index in [1.165, 1.54) is 5.56 Å². The van der Waals surface area contributed by atoms with E-state index in [4.69, 9.17) is 4.42 Å². The summed E-state index contributed by atoms with van der Waals surface area (Å²) in [7, 11) is 0. The molecular formula is C18H25BrNO+. The topological polar surface area (TPSA) is 29.8 Å². The second-order valence-electron chi connectivity index (χ2n) is 6.54. The molecular weight excluding hydrogens is 326 g/mol. The molecule has 0 amide bonds. The fourth-order valence-corrected chi connectivity index (χ4v) is 3.01. The summed E-state index contributed by atoms with van der Waals surface area (Å²) in [5.74, 6) is 2.08. The highest BCUT2D eigenvalue weighted by molar-refractivity contribution is 9.10. The Bertz CT molecular complexity index is 571. The van der Waals surface area contributed by atoms with Gasteiger partial charge in [-0.05, 0) is 38.1 Å². The number of nitrogens with two attached hydrogens (primary N) is 1. The van der Waals surface area contributed by atoms with Crippen molar-refractivity contribution >= 4 is 15.9 Å². The van der Waals surface area contributed by atoms with Crippen LogP contribution in [0.25, 0.3) is 0 Å². The first kappa shape index (κ1) is 16.3. The maximum absolute atomic E-state index is 5.81. The van der Waals surface area contributed by atoms with E-state index >= 15 is 0 Å². The second kappa shape index (κ2) is 6.80. The maximum Gasteiger partial charge on any atom is 0.109 e. The van der Waals surface area contributed by atoms with Gasteiger partial charge < -0.3 is 9.73 Å². The average molecular weight is 351 g/mol. The zero-order chi connectivity index (χ0) is 15.5. The van der Waals surface area contributed by atoms with Crippen LogP contribution in [0.5, 0.6) is 0 Å². The SMILES string of the molecule is Cc1ccc(C(C)(C)C[C@@H](C)[NH2+]Cc2ccc(Br)cc2)o1. The monoisotopic (exact) mass is 350 g/mol. The van der Waals surface area contributed by atoms with Crippen LogP contribution in [0, 0.1) is 6.92 Å². The number of halogens is 1. The normalized spacial score (nSPS) is 13.4. The molecule has 0 aliphatic heterocycles. The number of furan rings is 1. The van der Waals surface area contributed by atoms with Crippen molar-refractivity contribution in [2.75, 3.05) is 0 Å². The molecule has 2 rings (SSSR count). The molecule has 2 aromatic rings. The molecule has 0 aliphatic carbocycles. The summed E-state index contributed by atoms with van der Waals surface area (Å²) in [5, 5.41) is 2.40. The molecule has 0 bridgehead atoms. The van der Waals surface area contributed by atoms with Crippen molar-refractivity contribution in [2.24, 2.45) is 0 Å². The van der Waals surface area contributed by atoms with Crippen LogP contribution in [-0.4, -0.2) is 6.04 Å². The molecule has 2 nitrogen and oxygen atoms in total. The van der Waals surface area contributed by atoms with E-state index in [2.05, 4.69) is 72.3 Å². The minimum atomic E-state index is 0.0733. The summed E-state index contributed by atoms with van der Waals surface area (Å²) >= 11 is 3.47. The number of aryl methyl sites for hydroxylation is 1. The van der Waals surface area contributed by atoms with Crippen molar-refractivity contribution in [3.05, 3.63) is 58.0 Å². The van der Waals surface area contributed by atoms with Gasteiger partial charge in [0.05, 0.1) is 6.04 Å². The van der Waals surface area contributed by atoms with E-state index in [1.807, 2.05) is 13.0 Å². The van der Waals surface area contributed by atoms with E-state index in [0.717, 1.165) is 29.0 Å². The van der Waals surface area contributed by atoms with Gasteiger partial charge in [0.1, 0.15) is 18.1 Å². The zero-order valence-corrected chi connectivity index (χ0v) is 14.9. The Morgan fingerprint density at radius 1 is 1.14 bits per heavy atom. The first-order chi connectivity index (χ1) is 9.87. The van der Waals surface area contributed by atoms with Crippen molar-refractivity contribution in [3.8, 4) is 0 Å². The highest BCUT2D eigenvalue weighted by Crippen LogP contribution is 2.29. The van der Waals surface area contributed by atoms with Gasteiger partial charge in [0, 0.05) is 21.9 Å². The number of rotatable bonds is 6. The van der Waals surface area contributed by atoms with Gasteiger partial charge in [-0.3, -0.25) is 0 Å². The van der Waals surface area contributed by atoms with Crippen molar-refractivity contribution in [3.63, 3.8) is 0 Å². The van der Waals surface area contributed by atoms with Crippen LogP contribution in [0.4, 0.5) is 0 Å². The van der Waals surface area contributed by atoms with E-state index in [-0.39, 0.29) is 5.41 Å². The Hall–Kier alpha value is -1.06. The van der Waals surface area contributed by atoms with Crippen LogP contribution < -0.4 is 5.32 Å². The molecule has 0 aliphatic rings. The molecule has 1 aromatic carbocycles. The van der Waals surface area contributed by atoms with Gasteiger partial charge in [-0.2, -0.15) is 0 Å². The fraction of sp³-hybridized carbons (Fsp3) is 0.444. The third-order valence-corrected chi connectivity index (χ3v) is 4.44. The van der Waals surface area contributed by atoms with Crippen LogP contribution in [0.1, 0.15) is 44.3 Å². The van der Waals surface area contributed by atoms with Crippen LogP contribution in [0.15, 0.2) is 45.3 Å². The minimum absolute atomic E-state index is 0.0733. The number of hydrogen-bond donors (Lipinski definition) is 1. The Morgan fingerprint density at radius 3 is 2.38 bits per heavy atom. The van der Waals surface area contributed by atoms with E-state index in [0.29, 0.717) is 6.04 Å². The number of quaternary nitrogens is 1. The molecule has 0 radical (unpaired) electrons. The molecule has 0 unspecified atom stereocenters. The van der Waals surface area contributed by atoms with Crippen molar-refractivity contribution in [1.82, 2.24) is 0 Å². The lowest BCUT2D eigenvalue weighted by molar-refractivity contribution is -0.702. The largest absolute Gasteiger partial charge is 0.466 e. The lowest BCUT2D eigenvalue weighted by atomic mass is 9.83. The van der Waals surface area contributed by atoms with E-state index < -0.39 is 0 Å². The smallest absolute Gasteiger partial charge is 0.109 e. The van der Waals surface area contributed by atoms with Gasteiger partial charge in [0.25, 0.3) is 0 Å². The third-order valence-electron chi connectivity index (χ3n) is 3.91. The maximum atomic E-state index is 5.81. The molecule has 0 saturated carbocycles. The molecule has 21 heavy (non-hydrogen) atoms. The Balaban J connectivity index is 1.89. The van der Waals surface area contributed by atoms with Gasteiger partial charge in [0.2, 0.25) is 0 Å². The summed E-state index contributed by atoms with van der Waals surface area (Å²) in [4.78, 5) is 0. The molecule has 1 aromatic heterocycles. The zero-order valence-electron chi connectivity index (χ0n) is 13.3. The highest BCUT2D eigenvalue weighted by Gasteiger charge is 2.27. The van der Waals surface area contributed by atoms with Crippen molar-refractivity contribution < 1.29 is 9.73 Å². The third kappa shape index (κ3) is 4.72. The standard InChI is InChI=1S/C18H24BrNO/c1-13(20-12-15-6-8-16(19)9-7-15)11-18(3,4)17-10-5-14(2)21-17/h5-10,13,20H,11-12H2,1-4H3/p+1/t13-/m1/s1.